The third-order valence-electron chi connectivity index (χ3n) is 5.88. The molecule has 3 rings (SSSR count). The van der Waals surface area contributed by atoms with E-state index in [1.54, 1.807) is 12.7 Å². The number of aliphatic imine (C=N–C) groups is 1. The number of aryl methyl sites for hydroxylation is 1. The summed E-state index contributed by atoms with van der Waals surface area (Å²) in [6.07, 6.45) is 10.4. The van der Waals surface area contributed by atoms with Gasteiger partial charge in [-0.05, 0) is 32.6 Å². The molecule has 0 bridgehead atoms. The molecule has 0 radical (unpaired) electrons. The van der Waals surface area contributed by atoms with Crippen molar-refractivity contribution in [3.63, 3.8) is 0 Å². The van der Waals surface area contributed by atoms with Gasteiger partial charge in [-0.3, -0.25) is 14.7 Å². The van der Waals surface area contributed by atoms with E-state index in [2.05, 4.69) is 37.1 Å². The van der Waals surface area contributed by atoms with Crippen LogP contribution < -0.4 is 5.32 Å². The van der Waals surface area contributed by atoms with Gasteiger partial charge in [-0.2, -0.15) is 0 Å². The summed E-state index contributed by atoms with van der Waals surface area (Å²) in [7, 11) is 0. The summed E-state index contributed by atoms with van der Waals surface area (Å²) in [5.41, 5.74) is 0. The van der Waals surface area contributed by atoms with Crippen molar-refractivity contribution in [2.45, 2.75) is 52.0 Å². The van der Waals surface area contributed by atoms with Gasteiger partial charge in [0.15, 0.2) is 5.96 Å². The van der Waals surface area contributed by atoms with E-state index in [-0.39, 0.29) is 0 Å². The third kappa shape index (κ3) is 7.27. The van der Waals surface area contributed by atoms with Crippen LogP contribution in [0, 0.1) is 0 Å². The van der Waals surface area contributed by atoms with Crippen molar-refractivity contribution < 1.29 is 4.79 Å². The molecular formula is C21H38N8O. The molecule has 168 valence electrons. The molecule has 0 unspecified atom stereocenters. The Bertz CT molecular complexity index is 631. The van der Waals surface area contributed by atoms with Crippen LogP contribution in [0.4, 0.5) is 0 Å². The number of nitrogens with one attached hydrogen (secondary N) is 1. The molecule has 0 atom stereocenters. The van der Waals surface area contributed by atoms with Crippen LogP contribution in [0.5, 0.6) is 0 Å². The minimum Gasteiger partial charge on any atom is -0.357 e. The Morgan fingerprint density at radius 3 is 2.30 bits per heavy atom. The van der Waals surface area contributed by atoms with Crippen molar-refractivity contribution in [2.24, 2.45) is 4.99 Å². The maximum atomic E-state index is 12.7. The van der Waals surface area contributed by atoms with Crippen LogP contribution in [-0.4, -0.2) is 100 Å². The van der Waals surface area contributed by atoms with Crippen LogP contribution in [0.1, 0.15) is 45.4 Å². The van der Waals surface area contributed by atoms with E-state index in [4.69, 9.17) is 4.99 Å². The van der Waals surface area contributed by atoms with Crippen LogP contribution in [0.3, 0.4) is 0 Å². The average molecular weight is 419 g/mol. The van der Waals surface area contributed by atoms with Crippen LogP contribution in [0.25, 0.3) is 0 Å². The third-order valence-corrected chi connectivity index (χ3v) is 5.88. The molecule has 1 N–H and O–H groups in total. The lowest BCUT2D eigenvalue weighted by molar-refractivity contribution is -0.132. The predicted octanol–water partition coefficient (Wildman–Crippen LogP) is 1.04. The SMILES string of the molecule is CCNC(=NCCCCn1cnnc1)N1CCN(CC(=O)N2CCCCCC2)CC1. The fourth-order valence-corrected chi connectivity index (χ4v) is 4.08. The van der Waals surface area contributed by atoms with Crippen LogP contribution >= 0.6 is 0 Å². The van der Waals surface area contributed by atoms with E-state index in [1.807, 2.05) is 4.57 Å². The van der Waals surface area contributed by atoms with Crippen LogP contribution in [0.15, 0.2) is 17.6 Å². The average Bonchev–Trinajstić information content (AvgIpc) is 3.13. The van der Waals surface area contributed by atoms with E-state index in [1.165, 1.54) is 12.8 Å². The van der Waals surface area contributed by atoms with E-state index in [9.17, 15) is 4.79 Å². The Labute approximate surface area is 180 Å². The molecule has 9 nitrogen and oxygen atoms in total. The van der Waals surface area contributed by atoms with Crippen molar-refractivity contribution in [1.82, 2.24) is 34.8 Å². The predicted molar refractivity (Wildman–Crippen MR) is 118 cm³/mol. The molecule has 2 fully saturated rings. The summed E-state index contributed by atoms with van der Waals surface area (Å²) in [6, 6.07) is 0. The summed E-state index contributed by atoms with van der Waals surface area (Å²) < 4.78 is 2.00. The molecule has 1 aromatic rings. The number of unbranched alkanes of at least 4 members (excludes halogenated alkanes) is 1. The molecule has 1 amide bonds. The highest BCUT2D eigenvalue weighted by atomic mass is 16.2. The number of hydrogen-bond donors (Lipinski definition) is 1. The van der Waals surface area contributed by atoms with Crippen LogP contribution in [-0.2, 0) is 11.3 Å². The zero-order valence-corrected chi connectivity index (χ0v) is 18.5. The number of hydrogen-bond acceptors (Lipinski definition) is 5. The van der Waals surface area contributed by atoms with Crippen molar-refractivity contribution in [3.05, 3.63) is 12.7 Å². The van der Waals surface area contributed by atoms with Crippen molar-refractivity contribution in [2.75, 3.05) is 58.9 Å². The highest BCUT2D eigenvalue weighted by molar-refractivity contribution is 5.80. The maximum Gasteiger partial charge on any atom is 0.236 e. The number of amides is 1. The van der Waals surface area contributed by atoms with Gasteiger partial charge in [0.25, 0.3) is 0 Å². The van der Waals surface area contributed by atoms with Gasteiger partial charge in [-0.15, -0.1) is 10.2 Å². The summed E-state index contributed by atoms with van der Waals surface area (Å²) in [4.78, 5) is 24.2. The molecule has 30 heavy (non-hydrogen) atoms. The molecule has 2 aliphatic heterocycles. The van der Waals surface area contributed by atoms with Gasteiger partial charge in [-0.1, -0.05) is 12.8 Å². The normalized spacial score (nSPS) is 19.0. The van der Waals surface area contributed by atoms with Gasteiger partial charge in [0.2, 0.25) is 5.91 Å². The first-order chi connectivity index (χ1) is 14.8. The van der Waals surface area contributed by atoms with Crippen LogP contribution in [0.2, 0.25) is 0 Å². The van der Waals surface area contributed by atoms with Crippen molar-refractivity contribution in [3.8, 4) is 0 Å². The monoisotopic (exact) mass is 418 g/mol. The Balaban J connectivity index is 1.38. The Kier molecular flexibility index (Phi) is 9.40. The van der Waals surface area contributed by atoms with Gasteiger partial charge in [-0.25, -0.2) is 0 Å². The standard InChI is InChI=1S/C21H38N8O/c1-2-22-21(23-9-5-8-10-27-18-24-25-19-27)29-15-13-26(14-16-29)17-20(30)28-11-6-3-4-7-12-28/h18-19H,2-17H2,1H3,(H,22,23). The zero-order chi connectivity index (χ0) is 21.0. The molecule has 0 saturated carbocycles. The van der Waals surface area contributed by atoms with E-state index < -0.39 is 0 Å². The molecule has 2 aliphatic rings. The summed E-state index contributed by atoms with van der Waals surface area (Å²) in [6.45, 7) is 10.8. The quantitative estimate of drug-likeness (QED) is 0.386. The lowest BCUT2D eigenvalue weighted by Crippen LogP contribution is -2.54. The smallest absolute Gasteiger partial charge is 0.236 e. The van der Waals surface area contributed by atoms with E-state index >= 15 is 0 Å². The molecule has 3 heterocycles. The lowest BCUT2D eigenvalue weighted by Gasteiger charge is -2.37. The Morgan fingerprint density at radius 2 is 1.63 bits per heavy atom. The largest absolute Gasteiger partial charge is 0.357 e. The molecule has 0 aromatic carbocycles. The fourth-order valence-electron chi connectivity index (χ4n) is 4.08. The number of nitrogens with zero attached hydrogens (tertiary/aromatic N) is 7. The number of carbonyl (C=O) groups is 1. The lowest BCUT2D eigenvalue weighted by atomic mass is 10.2. The number of guanidine groups is 1. The second-order valence-corrected chi connectivity index (χ2v) is 8.20. The molecule has 1 aromatic heterocycles. The van der Waals surface area contributed by atoms with Gasteiger partial charge < -0.3 is 19.7 Å². The summed E-state index contributed by atoms with van der Waals surface area (Å²) in [5.74, 6) is 1.30. The number of piperazine rings is 1. The van der Waals surface area contributed by atoms with Crippen molar-refractivity contribution in [1.29, 1.82) is 0 Å². The minimum absolute atomic E-state index is 0.305. The second-order valence-electron chi connectivity index (χ2n) is 8.20. The summed E-state index contributed by atoms with van der Waals surface area (Å²) in [5, 5.41) is 11.1. The first kappa shape index (κ1) is 22.5. The van der Waals surface area contributed by atoms with E-state index in [0.717, 1.165) is 90.5 Å². The van der Waals surface area contributed by atoms with Gasteiger partial charge in [0.05, 0.1) is 6.54 Å². The number of likely N-dealkylation sites (tertiary alicyclic amines) is 1. The minimum atomic E-state index is 0.305. The Morgan fingerprint density at radius 1 is 0.933 bits per heavy atom. The first-order valence-corrected chi connectivity index (χ1v) is 11.6. The van der Waals surface area contributed by atoms with Gasteiger partial charge in [0, 0.05) is 58.9 Å². The molecule has 0 aliphatic carbocycles. The molecular weight excluding hydrogens is 380 g/mol. The molecule has 2 saturated heterocycles. The van der Waals surface area contributed by atoms with Crippen molar-refractivity contribution >= 4 is 11.9 Å². The highest BCUT2D eigenvalue weighted by Crippen LogP contribution is 2.11. The van der Waals surface area contributed by atoms with Gasteiger partial charge in [0.1, 0.15) is 12.7 Å². The number of rotatable bonds is 8. The topological polar surface area (TPSA) is 81.9 Å². The molecule has 9 heteroatoms. The van der Waals surface area contributed by atoms with Gasteiger partial charge >= 0.3 is 0 Å². The summed E-state index contributed by atoms with van der Waals surface area (Å²) >= 11 is 0. The zero-order valence-electron chi connectivity index (χ0n) is 18.5. The highest BCUT2D eigenvalue weighted by Gasteiger charge is 2.23. The number of aromatic nitrogens is 3. The maximum absolute atomic E-state index is 12.7. The van der Waals surface area contributed by atoms with E-state index in [0.29, 0.717) is 12.5 Å². The first-order valence-electron chi connectivity index (χ1n) is 11.6. The number of carbonyl (C=O) groups excluding carboxylic acids is 1. The second kappa shape index (κ2) is 12.5. The fraction of sp³-hybridized carbons (Fsp3) is 0.810. The Hall–Kier alpha value is -2.16. The molecule has 0 spiro atoms.